The van der Waals surface area contributed by atoms with Crippen molar-refractivity contribution in [2.75, 3.05) is 19.6 Å². The van der Waals surface area contributed by atoms with Crippen LogP contribution in [0.1, 0.15) is 19.0 Å². The van der Waals surface area contributed by atoms with Gasteiger partial charge in [-0.2, -0.15) is 0 Å². The molecule has 2 heterocycles. The van der Waals surface area contributed by atoms with Crippen molar-refractivity contribution in [2.45, 2.75) is 25.9 Å². The molecule has 0 atom stereocenters. The molecular weight excluding hydrogens is 269 g/mol. The van der Waals surface area contributed by atoms with E-state index in [1.54, 1.807) is 18.4 Å². The number of aromatic nitrogens is 1. The van der Waals surface area contributed by atoms with Crippen molar-refractivity contribution in [2.24, 2.45) is 0 Å². The van der Waals surface area contributed by atoms with Gasteiger partial charge in [0.2, 0.25) is 5.89 Å². The van der Waals surface area contributed by atoms with Crippen molar-refractivity contribution in [3.8, 4) is 11.5 Å². The standard InChI is InChI=1S/C16H20FN3O/c1-2-6-20(15-8-18-9-15)10-14-11-21-16(19-14)12-4-3-5-13(17)7-12/h3-5,7,11,15,18H,2,6,8-10H2,1H3. The summed E-state index contributed by atoms with van der Waals surface area (Å²) in [7, 11) is 0. The highest BCUT2D eigenvalue weighted by atomic mass is 19.1. The molecule has 112 valence electrons. The Kier molecular flexibility index (Phi) is 4.31. The highest BCUT2D eigenvalue weighted by molar-refractivity contribution is 5.52. The number of hydrogen-bond donors (Lipinski definition) is 1. The van der Waals surface area contributed by atoms with Crippen LogP contribution >= 0.6 is 0 Å². The summed E-state index contributed by atoms with van der Waals surface area (Å²) < 4.78 is 18.7. The Morgan fingerprint density at radius 1 is 1.43 bits per heavy atom. The molecule has 5 heteroatoms. The molecule has 0 saturated carbocycles. The molecule has 1 aromatic carbocycles. The normalized spacial score (nSPS) is 15.4. The van der Waals surface area contributed by atoms with Crippen LogP contribution in [-0.2, 0) is 6.54 Å². The van der Waals surface area contributed by atoms with E-state index in [1.165, 1.54) is 12.1 Å². The zero-order valence-electron chi connectivity index (χ0n) is 12.2. The van der Waals surface area contributed by atoms with E-state index in [0.29, 0.717) is 17.5 Å². The number of halogens is 1. The second kappa shape index (κ2) is 6.37. The Balaban J connectivity index is 1.71. The van der Waals surface area contributed by atoms with Gasteiger partial charge in [-0.25, -0.2) is 9.37 Å². The molecule has 1 fully saturated rings. The van der Waals surface area contributed by atoms with Crippen LogP contribution in [-0.4, -0.2) is 35.6 Å². The minimum absolute atomic E-state index is 0.277. The third kappa shape index (κ3) is 3.31. The Bertz CT molecular complexity index is 595. The van der Waals surface area contributed by atoms with E-state index < -0.39 is 0 Å². The quantitative estimate of drug-likeness (QED) is 0.887. The molecule has 2 aromatic rings. The first-order valence-corrected chi connectivity index (χ1v) is 7.41. The minimum atomic E-state index is -0.277. The van der Waals surface area contributed by atoms with E-state index in [-0.39, 0.29) is 5.82 Å². The Labute approximate surface area is 124 Å². The van der Waals surface area contributed by atoms with E-state index in [9.17, 15) is 4.39 Å². The Morgan fingerprint density at radius 3 is 2.95 bits per heavy atom. The van der Waals surface area contributed by atoms with Gasteiger partial charge < -0.3 is 9.73 Å². The SMILES string of the molecule is CCCN(Cc1coc(-c2cccc(F)c2)n1)C1CNC1. The topological polar surface area (TPSA) is 41.3 Å². The molecular formula is C16H20FN3O. The minimum Gasteiger partial charge on any atom is -0.444 e. The van der Waals surface area contributed by atoms with Gasteiger partial charge in [-0.05, 0) is 31.2 Å². The van der Waals surface area contributed by atoms with Crippen LogP contribution in [0.4, 0.5) is 4.39 Å². The molecule has 1 saturated heterocycles. The van der Waals surface area contributed by atoms with Crippen molar-refractivity contribution in [3.63, 3.8) is 0 Å². The average Bonchev–Trinajstić information content (AvgIpc) is 2.85. The lowest BCUT2D eigenvalue weighted by Crippen LogP contribution is -2.57. The van der Waals surface area contributed by atoms with Gasteiger partial charge in [0.25, 0.3) is 0 Å². The van der Waals surface area contributed by atoms with Crippen molar-refractivity contribution in [3.05, 3.63) is 42.0 Å². The van der Waals surface area contributed by atoms with Crippen molar-refractivity contribution >= 4 is 0 Å². The number of oxazole rings is 1. The van der Waals surface area contributed by atoms with Crippen molar-refractivity contribution < 1.29 is 8.81 Å². The summed E-state index contributed by atoms with van der Waals surface area (Å²) in [6, 6.07) is 6.91. The van der Waals surface area contributed by atoms with Gasteiger partial charge in [0.05, 0.1) is 5.69 Å². The molecule has 3 rings (SSSR count). The molecule has 21 heavy (non-hydrogen) atoms. The van der Waals surface area contributed by atoms with E-state index in [0.717, 1.165) is 38.3 Å². The largest absolute Gasteiger partial charge is 0.444 e. The fourth-order valence-corrected chi connectivity index (χ4v) is 2.55. The summed E-state index contributed by atoms with van der Waals surface area (Å²) in [4.78, 5) is 6.91. The van der Waals surface area contributed by atoms with Crippen LogP contribution in [0.5, 0.6) is 0 Å². The Morgan fingerprint density at radius 2 is 2.29 bits per heavy atom. The number of nitrogens with one attached hydrogen (secondary N) is 1. The van der Waals surface area contributed by atoms with Crippen molar-refractivity contribution in [1.29, 1.82) is 0 Å². The van der Waals surface area contributed by atoms with Crippen LogP contribution in [0.25, 0.3) is 11.5 Å². The second-order valence-electron chi connectivity index (χ2n) is 5.44. The zero-order chi connectivity index (χ0) is 14.7. The average molecular weight is 289 g/mol. The van der Waals surface area contributed by atoms with Crippen LogP contribution in [0.15, 0.2) is 34.9 Å². The summed E-state index contributed by atoms with van der Waals surface area (Å²) in [6.45, 7) is 6.08. The predicted octanol–water partition coefficient (Wildman–Crippen LogP) is 2.66. The lowest BCUT2D eigenvalue weighted by Gasteiger charge is -2.37. The summed E-state index contributed by atoms with van der Waals surface area (Å²) >= 11 is 0. The van der Waals surface area contributed by atoms with Gasteiger partial charge >= 0.3 is 0 Å². The molecule has 1 aliphatic rings. The molecule has 0 amide bonds. The van der Waals surface area contributed by atoms with Gasteiger partial charge in [-0.1, -0.05) is 13.0 Å². The van der Waals surface area contributed by atoms with Crippen LogP contribution < -0.4 is 5.32 Å². The summed E-state index contributed by atoms with van der Waals surface area (Å²) in [5.74, 6) is 0.202. The fraction of sp³-hybridized carbons (Fsp3) is 0.438. The molecule has 0 radical (unpaired) electrons. The maximum Gasteiger partial charge on any atom is 0.226 e. The number of rotatable bonds is 6. The molecule has 1 N–H and O–H groups in total. The molecule has 1 aromatic heterocycles. The smallest absolute Gasteiger partial charge is 0.226 e. The van der Waals surface area contributed by atoms with Gasteiger partial charge in [-0.15, -0.1) is 0 Å². The Hall–Kier alpha value is -1.72. The van der Waals surface area contributed by atoms with Gasteiger partial charge in [0, 0.05) is 31.2 Å². The molecule has 0 bridgehead atoms. The van der Waals surface area contributed by atoms with Gasteiger partial charge in [0.15, 0.2) is 0 Å². The first kappa shape index (κ1) is 14.2. The number of benzene rings is 1. The predicted molar refractivity (Wildman–Crippen MR) is 79.3 cm³/mol. The third-order valence-electron chi connectivity index (χ3n) is 3.78. The highest BCUT2D eigenvalue weighted by Gasteiger charge is 2.24. The fourth-order valence-electron chi connectivity index (χ4n) is 2.55. The van der Waals surface area contributed by atoms with E-state index in [1.807, 2.05) is 0 Å². The molecule has 4 nitrogen and oxygen atoms in total. The van der Waals surface area contributed by atoms with Crippen LogP contribution in [0, 0.1) is 5.82 Å². The molecule has 0 spiro atoms. The number of nitrogens with zero attached hydrogens (tertiary/aromatic N) is 2. The first-order chi connectivity index (χ1) is 10.3. The van der Waals surface area contributed by atoms with Gasteiger partial charge in [-0.3, -0.25) is 4.90 Å². The first-order valence-electron chi connectivity index (χ1n) is 7.41. The monoisotopic (exact) mass is 289 g/mol. The maximum absolute atomic E-state index is 13.2. The van der Waals surface area contributed by atoms with Crippen LogP contribution in [0.3, 0.4) is 0 Å². The summed E-state index contributed by atoms with van der Waals surface area (Å²) in [5, 5.41) is 3.30. The molecule has 0 unspecified atom stereocenters. The molecule has 1 aliphatic heterocycles. The van der Waals surface area contributed by atoms with Crippen LogP contribution in [0.2, 0.25) is 0 Å². The lowest BCUT2D eigenvalue weighted by atomic mass is 10.1. The van der Waals surface area contributed by atoms with E-state index >= 15 is 0 Å². The lowest BCUT2D eigenvalue weighted by molar-refractivity contribution is 0.136. The number of hydrogen-bond acceptors (Lipinski definition) is 4. The van der Waals surface area contributed by atoms with E-state index in [2.05, 4.69) is 22.1 Å². The van der Waals surface area contributed by atoms with E-state index in [4.69, 9.17) is 4.42 Å². The maximum atomic E-state index is 13.2. The second-order valence-corrected chi connectivity index (χ2v) is 5.44. The zero-order valence-corrected chi connectivity index (χ0v) is 12.2. The highest BCUT2D eigenvalue weighted by Crippen LogP contribution is 2.20. The summed E-state index contributed by atoms with van der Waals surface area (Å²) in [6.07, 6.45) is 2.79. The van der Waals surface area contributed by atoms with Gasteiger partial charge in [0.1, 0.15) is 12.1 Å². The molecule has 0 aliphatic carbocycles. The van der Waals surface area contributed by atoms with Crippen molar-refractivity contribution in [1.82, 2.24) is 15.2 Å². The third-order valence-corrected chi connectivity index (χ3v) is 3.78. The summed E-state index contributed by atoms with van der Waals surface area (Å²) in [5.41, 5.74) is 1.57.